The van der Waals surface area contributed by atoms with E-state index < -0.39 is 10.0 Å². The van der Waals surface area contributed by atoms with Crippen molar-refractivity contribution >= 4 is 21.6 Å². The number of anilines is 1. The summed E-state index contributed by atoms with van der Waals surface area (Å²) < 4.78 is 28.3. The molecule has 3 aromatic carbocycles. The summed E-state index contributed by atoms with van der Waals surface area (Å²) in [5, 5.41) is 3.01. The molecule has 0 spiro atoms. The number of aryl methyl sites for hydroxylation is 2. The Bertz CT molecular complexity index is 1270. The maximum absolute atomic E-state index is 13.5. The molecule has 1 unspecified atom stereocenters. The molecule has 5 nitrogen and oxygen atoms in total. The van der Waals surface area contributed by atoms with Gasteiger partial charge in [-0.15, -0.1) is 0 Å². The highest BCUT2D eigenvalue weighted by Gasteiger charge is 2.28. The molecule has 4 rings (SSSR count). The predicted molar refractivity (Wildman–Crippen MR) is 141 cm³/mol. The van der Waals surface area contributed by atoms with Crippen molar-refractivity contribution in [2.45, 2.75) is 63.3 Å². The Morgan fingerprint density at radius 1 is 0.857 bits per heavy atom. The van der Waals surface area contributed by atoms with Gasteiger partial charge >= 0.3 is 0 Å². The fraction of sp³-hybridized carbons (Fsp3) is 0.345. The number of nitrogens with one attached hydrogen (secondary N) is 1. The maximum atomic E-state index is 13.5. The van der Waals surface area contributed by atoms with Crippen LogP contribution in [0.1, 0.15) is 67.8 Å². The molecule has 1 aliphatic rings. The van der Waals surface area contributed by atoms with Crippen LogP contribution in [0.4, 0.5) is 5.69 Å². The molecule has 1 N–H and O–H groups in total. The number of sulfonamides is 1. The number of hydrogen-bond donors (Lipinski definition) is 1. The van der Waals surface area contributed by atoms with E-state index in [9.17, 15) is 13.2 Å². The van der Waals surface area contributed by atoms with Crippen LogP contribution < -0.4 is 9.62 Å². The Labute approximate surface area is 209 Å². The fourth-order valence-corrected chi connectivity index (χ4v) is 6.03. The van der Waals surface area contributed by atoms with Crippen molar-refractivity contribution in [2.24, 2.45) is 0 Å². The van der Waals surface area contributed by atoms with Crippen molar-refractivity contribution in [2.75, 3.05) is 10.8 Å². The largest absolute Gasteiger partial charge is 0.348 e. The third kappa shape index (κ3) is 5.76. The number of benzene rings is 3. The van der Waals surface area contributed by atoms with Gasteiger partial charge in [-0.3, -0.25) is 9.10 Å². The summed E-state index contributed by atoms with van der Waals surface area (Å²) in [6.07, 6.45) is 4.60. The van der Waals surface area contributed by atoms with Crippen LogP contribution in [0.25, 0.3) is 0 Å². The molecule has 0 aromatic heterocycles. The minimum absolute atomic E-state index is 0.156. The highest BCUT2D eigenvalue weighted by Crippen LogP contribution is 2.27. The number of fused-ring (bicyclic) bond motifs is 1. The first-order valence-corrected chi connectivity index (χ1v) is 13.8. The molecule has 35 heavy (non-hydrogen) atoms. The first-order chi connectivity index (χ1) is 16.8. The number of amides is 1. The summed E-state index contributed by atoms with van der Waals surface area (Å²) in [6, 6.07) is 21.8. The number of hydrogen-bond acceptors (Lipinski definition) is 3. The molecule has 0 saturated carbocycles. The lowest BCUT2D eigenvalue weighted by Gasteiger charge is -2.26. The van der Waals surface area contributed by atoms with Gasteiger partial charge in [0.15, 0.2) is 0 Å². The van der Waals surface area contributed by atoms with Crippen LogP contribution in [0.2, 0.25) is 0 Å². The Morgan fingerprint density at radius 2 is 1.49 bits per heavy atom. The predicted octanol–water partition coefficient (Wildman–Crippen LogP) is 5.76. The maximum Gasteiger partial charge on any atom is 0.264 e. The van der Waals surface area contributed by atoms with Crippen molar-refractivity contribution in [3.05, 3.63) is 95.1 Å². The minimum atomic E-state index is -3.92. The summed E-state index contributed by atoms with van der Waals surface area (Å²) >= 11 is 0. The van der Waals surface area contributed by atoms with Gasteiger partial charge in [-0.05, 0) is 85.0 Å². The van der Waals surface area contributed by atoms with Gasteiger partial charge in [0.25, 0.3) is 10.0 Å². The number of carbonyl (C=O) groups is 1. The van der Waals surface area contributed by atoms with Crippen LogP contribution >= 0.6 is 0 Å². The van der Waals surface area contributed by atoms with Gasteiger partial charge in [0.2, 0.25) is 5.91 Å². The second kappa shape index (κ2) is 10.6. The topological polar surface area (TPSA) is 66.5 Å². The molecule has 1 amide bonds. The summed E-state index contributed by atoms with van der Waals surface area (Å²) in [5.41, 5.74) is 5.36. The molecule has 3 aromatic rings. The van der Waals surface area contributed by atoms with E-state index in [0.717, 1.165) is 24.0 Å². The summed E-state index contributed by atoms with van der Waals surface area (Å²) in [5.74, 6) is -0.0216. The van der Waals surface area contributed by atoms with Crippen LogP contribution in [0.15, 0.2) is 77.7 Å². The van der Waals surface area contributed by atoms with Crippen LogP contribution in [-0.4, -0.2) is 20.9 Å². The molecular weight excluding hydrogens is 456 g/mol. The van der Waals surface area contributed by atoms with Crippen molar-refractivity contribution in [1.29, 1.82) is 0 Å². The van der Waals surface area contributed by atoms with E-state index in [1.165, 1.54) is 28.3 Å². The third-order valence-corrected chi connectivity index (χ3v) is 8.50. The fourth-order valence-electron chi connectivity index (χ4n) is 4.58. The summed E-state index contributed by atoms with van der Waals surface area (Å²) in [4.78, 5) is 13.3. The molecule has 1 aliphatic carbocycles. The molecule has 0 radical (unpaired) electrons. The second-order valence-corrected chi connectivity index (χ2v) is 11.5. The molecule has 0 heterocycles. The van der Waals surface area contributed by atoms with Gasteiger partial charge in [0, 0.05) is 0 Å². The SMILES string of the molecule is CC(C)c1ccc(N(CC(=O)NC(C)c2ccc3c(c2)CCCC3)S(=O)(=O)c2ccccc2)cc1. The Kier molecular flexibility index (Phi) is 7.60. The number of rotatable bonds is 8. The average Bonchev–Trinajstić information content (AvgIpc) is 2.87. The quantitative estimate of drug-likeness (QED) is 0.436. The Morgan fingerprint density at radius 3 is 2.14 bits per heavy atom. The minimum Gasteiger partial charge on any atom is -0.348 e. The summed E-state index contributed by atoms with van der Waals surface area (Å²) in [7, 11) is -3.92. The highest BCUT2D eigenvalue weighted by molar-refractivity contribution is 7.92. The Hall–Kier alpha value is -3.12. The Balaban J connectivity index is 1.57. The standard InChI is InChI=1S/C29H34N2O3S/c1-21(2)23-15-17-27(18-16-23)31(35(33,34)28-11-5-4-6-12-28)20-29(32)30-22(3)25-14-13-24-9-7-8-10-26(24)19-25/h4-6,11-19,21-22H,7-10,20H2,1-3H3,(H,30,32). The zero-order valence-electron chi connectivity index (χ0n) is 20.7. The van der Waals surface area contributed by atoms with Crippen LogP contribution in [-0.2, 0) is 27.7 Å². The van der Waals surface area contributed by atoms with Gasteiger partial charge in [-0.25, -0.2) is 8.42 Å². The van der Waals surface area contributed by atoms with Crippen LogP contribution in [0, 0.1) is 0 Å². The van der Waals surface area contributed by atoms with Crippen molar-refractivity contribution in [3.63, 3.8) is 0 Å². The molecule has 0 bridgehead atoms. The molecule has 0 saturated heterocycles. The van der Waals surface area contributed by atoms with E-state index in [1.54, 1.807) is 42.5 Å². The van der Waals surface area contributed by atoms with Crippen molar-refractivity contribution in [1.82, 2.24) is 5.32 Å². The zero-order chi connectivity index (χ0) is 25.0. The molecule has 6 heteroatoms. The number of carbonyl (C=O) groups excluding carboxylic acids is 1. The van der Waals surface area contributed by atoms with E-state index >= 15 is 0 Å². The molecular formula is C29H34N2O3S. The van der Waals surface area contributed by atoms with Crippen LogP contribution in [0.3, 0.4) is 0 Å². The lowest BCUT2D eigenvalue weighted by atomic mass is 9.89. The molecule has 0 fully saturated rings. The second-order valence-electron chi connectivity index (χ2n) is 9.60. The molecule has 0 aliphatic heterocycles. The average molecular weight is 491 g/mol. The first-order valence-electron chi connectivity index (χ1n) is 12.3. The molecule has 184 valence electrons. The lowest BCUT2D eigenvalue weighted by Crippen LogP contribution is -2.41. The van der Waals surface area contributed by atoms with Gasteiger partial charge < -0.3 is 5.32 Å². The van der Waals surface area contributed by atoms with E-state index in [1.807, 2.05) is 19.1 Å². The van der Waals surface area contributed by atoms with E-state index in [2.05, 4.69) is 37.4 Å². The molecule has 1 atom stereocenters. The van der Waals surface area contributed by atoms with Crippen molar-refractivity contribution < 1.29 is 13.2 Å². The van der Waals surface area contributed by atoms with E-state index in [4.69, 9.17) is 0 Å². The monoisotopic (exact) mass is 490 g/mol. The highest BCUT2D eigenvalue weighted by atomic mass is 32.2. The first kappa shape index (κ1) is 25.0. The lowest BCUT2D eigenvalue weighted by molar-refractivity contribution is -0.120. The summed E-state index contributed by atoms with van der Waals surface area (Å²) in [6.45, 7) is 5.81. The zero-order valence-corrected chi connectivity index (χ0v) is 21.5. The van der Waals surface area contributed by atoms with E-state index in [-0.39, 0.29) is 23.4 Å². The number of nitrogens with zero attached hydrogens (tertiary/aromatic N) is 1. The normalized spacial score (nSPS) is 14.3. The van der Waals surface area contributed by atoms with Crippen molar-refractivity contribution in [3.8, 4) is 0 Å². The van der Waals surface area contributed by atoms with Gasteiger partial charge in [0.05, 0.1) is 16.6 Å². The third-order valence-electron chi connectivity index (χ3n) is 6.72. The smallest absolute Gasteiger partial charge is 0.264 e. The van der Waals surface area contributed by atoms with Gasteiger partial charge in [0.1, 0.15) is 6.54 Å². The van der Waals surface area contributed by atoms with Crippen LogP contribution in [0.5, 0.6) is 0 Å². The van der Waals surface area contributed by atoms with Gasteiger partial charge in [-0.2, -0.15) is 0 Å². The van der Waals surface area contributed by atoms with E-state index in [0.29, 0.717) is 11.6 Å². The van der Waals surface area contributed by atoms with Gasteiger partial charge in [-0.1, -0.05) is 62.4 Å².